The van der Waals surface area contributed by atoms with E-state index in [1.165, 1.54) is 13.0 Å². The summed E-state index contributed by atoms with van der Waals surface area (Å²) >= 11 is 4.18. The van der Waals surface area contributed by atoms with Crippen LogP contribution in [0.4, 0.5) is 11.4 Å². The molecule has 2 aromatic rings. The number of aryl methyl sites for hydroxylation is 1. The van der Waals surface area contributed by atoms with E-state index in [4.69, 9.17) is 0 Å². The molecule has 116 valence electrons. The van der Waals surface area contributed by atoms with E-state index in [9.17, 15) is 20.0 Å². The molecule has 2 rings (SSSR count). The predicted molar refractivity (Wildman–Crippen MR) is 85.1 cm³/mol. The number of carbonyl (C=O) groups is 1. The third-order valence-electron chi connectivity index (χ3n) is 2.64. The Labute approximate surface area is 137 Å². The van der Waals surface area contributed by atoms with Crippen LogP contribution >= 0.6 is 27.7 Å². The Kier molecular flexibility index (Phi) is 5.03. The number of nitrogens with zero attached hydrogens (tertiary/aromatic N) is 2. The molecule has 0 aliphatic heterocycles. The lowest BCUT2D eigenvalue weighted by molar-refractivity contribution is -0.388. The van der Waals surface area contributed by atoms with Crippen LogP contribution in [0.3, 0.4) is 0 Å². The van der Waals surface area contributed by atoms with Crippen LogP contribution in [0.1, 0.15) is 5.69 Å². The van der Waals surface area contributed by atoms with Gasteiger partial charge in [-0.05, 0) is 25.1 Å². The van der Waals surface area contributed by atoms with Crippen molar-refractivity contribution in [1.29, 1.82) is 0 Å². The number of aromatic amines is 1. The molecule has 22 heavy (non-hydrogen) atoms. The number of aromatic nitrogens is 2. The van der Waals surface area contributed by atoms with Crippen LogP contribution in [0.15, 0.2) is 27.7 Å². The fourth-order valence-corrected chi connectivity index (χ4v) is 2.82. The number of nitrogens with one attached hydrogen (secondary N) is 2. The van der Waals surface area contributed by atoms with Gasteiger partial charge in [-0.3, -0.25) is 20.0 Å². The molecule has 0 aliphatic rings. The summed E-state index contributed by atoms with van der Waals surface area (Å²) in [5, 5.41) is 29.6. The molecule has 0 atom stereocenters. The number of rotatable bonds is 5. The van der Waals surface area contributed by atoms with Gasteiger partial charge in [0.05, 0.1) is 16.4 Å². The first-order valence-corrected chi connectivity index (χ1v) is 7.77. The van der Waals surface area contributed by atoms with Crippen molar-refractivity contribution in [2.45, 2.75) is 11.9 Å². The molecule has 0 saturated heterocycles. The molecule has 1 aromatic heterocycles. The molecule has 0 radical (unpaired) electrons. The molecule has 0 unspecified atom stereocenters. The van der Waals surface area contributed by atoms with Gasteiger partial charge in [-0.15, -0.1) is 0 Å². The van der Waals surface area contributed by atoms with Gasteiger partial charge in [0.15, 0.2) is 5.03 Å². The minimum atomic E-state index is -0.542. The van der Waals surface area contributed by atoms with Gasteiger partial charge < -0.3 is 10.4 Å². The number of amides is 1. The van der Waals surface area contributed by atoms with Crippen LogP contribution < -0.4 is 5.32 Å². The molecule has 0 saturated carbocycles. The number of hydrogen-bond acceptors (Lipinski definition) is 6. The zero-order chi connectivity index (χ0) is 16.3. The molecule has 0 bridgehead atoms. The molecule has 8 nitrogen and oxygen atoms in total. The van der Waals surface area contributed by atoms with Gasteiger partial charge in [-0.1, -0.05) is 27.7 Å². The largest absolute Gasteiger partial charge is 0.506 e. The number of hydrogen-bond donors (Lipinski definition) is 3. The molecular weight excluding hydrogens is 376 g/mol. The average Bonchev–Trinajstić information content (AvgIpc) is 2.82. The third kappa shape index (κ3) is 3.77. The Morgan fingerprint density at radius 2 is 2.32 bits per heavy atom. The number of aromatic hydroxyl groups is 1. The number of phenolic OH excluding ortho intramolecular Hbond substituents is 1. The molecule has 0 spiro atoms. The normalized spacial score (nSPS) is 10.5. The molecule has 0 fully saturated rings. The molecule has 1 aromatic carbocycles. The third-order valence-corrected chi connectivity index (χ3v) is 4.10. The van der Waals surface area contributed by atoms with Crippen molar-refractivity contribution in [2.24, 2.45) is 0 Å². The lowest BCUT2D eigenvalue weighted by Crippen LogP contribution is -2.14. The highest BCUT2D eigenvalue weighted by Crippen LogP contribution is 2.30. The first-order chi connectivity index (χ1) is 10.4. The zero-order valence-corrected chi connectivity index (χ0v) is 13.7. The number of thioether (sulfide) groups is 1. The van der Waals surface area contributed by atoms with Crippen molar-refractivity contribution in [3.05, 3.63) is 38.5 Å². The van der Waals surface area contributed by atoms with Crippen molar-refractivity contribution < 1.29 is 14.8 Å². The van der Waals surface area contributed by atoms with Crippen LogP contribution in [-0.2, 0) is 4.79 Å². The number of anilines is 1. The van der Waals surface area contributed by atoms with Gasteiger partial charge in [0.2, 0.25) is 5.91 Å². The average molecular weight is 387 g/mol. The molecule has 3 N–H and O–H groups in total. The highest BCUT2D eigenvalue weighted by atomic mass is 79.9. The summed E-state index contributed by atoms with van der Waals surface area (Å²) in [4.78, 5) is 22.2. The zero-order valence-electron chi connectivity index (χ0n) is 11.3. The Morgan fingerprint density at radius 1 is 1.59 bits per heavy atom. The summed E-state index contributed by atoms with van der Waals surface area (Å²) < 4.78 is 0.701. The first kappa shape index (κ1) is 16.3. The van der Waals surface area contributed by atoms with Crippen molar-refractivity contribution >= 4 is 45.0 Å². The molecule has 10 heteroatoms. The Bertz CT molecular complexity index is 734. The van der Waals surface area contributed by atoms with Crippen molar-refractivity contribution in [3.8, 4) is 5.75 Å². The van der Waals surface area contributed by atoms with Crippen LogP contribution in [0.25, 0.3) is 0 Å². The van der Waals surface area contributed by atoms with Crippen LogP contribution in [-0.4, -0.2) is 31.9 Å². The van der Waals surface area contributed by atoms with Gasteiger partial charge in [-0.25, -0.2) is 0 Å². The summed E-state index contributed by atoms with van der Waals surface area (Å²) in [5.74, 6) is -0.548. The first-order valence-electron chi connectivity index (χ1n) is 5.99. The fraction of sp³-hybridized carbons (Fsp3) is 0.167. The minimum Gasteiger partial charge on any atom is -0.506 e. The van der Waals surface area contributed by atoms with E-state index < -0.39 is 10.8 Å². The number of phenols is 1. The minimum absolute atomic E-state index is 0.0665. The SMILES string of the molecule is Cc1[nH]nc(SCC(=O)Nc2cc(Br)ccc2O)c1[N+](=O)[O-]. The number of nitro groups is 1. The standard InChI is InChI=1S/C12H11BrN4O4S/c1-6-11(17(20)21)12(16-15-6)22-5-10(19)14-8-4-7(13)2-3-9(8)18/h2-4,18H,5H2,1H3,(H,14,19)(H,15,16). The van der Waals surface area contributed by atoms with E-state index >= 15 is 0 Å². The van der Waals surface area contributed by atoms with Crippen LogP contribution in [0.2, 0.25) is 0 Å². The second-order valence-corrected chi connectivity index (χ2v) is 6.14. The number of H-pyrrole nitrogens is 1. The van der Waals surface area contributed by atoms with Crippen molar-refractivity contribution in [2.75, 3.05) is 11.1 Å². The Balaban J connectivity index is 2.02. The van der Waals surface area contributed by atoms with Crippen molar-refractivity contribution in [1.82, 2.24) is 10.2 Å². The molecule has 1 heterocycles. The van der Waals surface area contributed by atoms with E-state index in [1.54, 1.807) is 12.1 Å². The van der Waals surface area contributed by atoms with Crippen molar-refractivity contribution in [3.63, 3.8) is 0 Å². The Morgan fingerprint density at radius 3 is 3.00 bits per heavy atom. The lowest BCUT2D eigenvalue weighted by Gasteiger charge is -2.07. The van der Waals surface area contributed by atoms with E-state index in [-0.39, 0.29) is 27.9 Å². The summed E-state index contributed by atoms with van der Waals surface area (Å²) in [6, 6.07) is 4.63. The summed E-state index contributed by atoms with van der Waals surface area (Å²) in [6.45, 7) is 1.54. The highest BCUT2D eigenvalue weighted by Gasteiger charge is 2.22. The van der Waals surface area contributed by atoms with Gasteiger partial charge in [0, 0.05) is 4.47 Å². The second kappa shape index (κ2) is 6.79. The maximum Gasteiger partial charge on any atom is 0.323 e. The molecule has 1 amide bonds. The number of halogens is 1. The van der Waals surface area contributed by atoms with E-state index in [1.807, 2.05) is 0 Å². The molecular formula is C12H11BrN4O4S. The van der Waals surface area contributed by atoms with E-state index in [0.29, 0.717) is 10.2 Å². The van der Waals surface area contributed by atoms with Gasteiger partial charge in [0.25, 0.3) is 0 Å². The predicted octanol–water partition coefficient (Wildman–Crippen LogP) is 2.83. The lowest BCUT2D eigenvalue weighted by atomic mass is 10.3. The summed E-state index contributed by atoms with van der Waals surface area (Å²) in [6.07, 6.45) is 0. The topological polar surface area (TPSA) is 121 Å². The summed E-state index contributed by atoms with van der Waals surface area (Å²) in [7, 11) is 0. The van der Waals surface area contributed by atoms with Crippen LogP contribution in [0, 0.1) is 17.0 Å². The van der Waals surface area contributed by atoms with Gasteiger partial charge in [0.1, 0.15) is 11.4 Å². The summed E-state index contributed by atoms with van der Waals surface area (Å²) in [5.41, 5.74) is 0.452. The Hall–Kier alpha value is -2.07. The van der Waals surface area contributed by atoms with Crippen LogP contribution in [0.5, 0.6) is 5.75 Å². The van der Waals surface area contributed by atoms with Gasteiger partial charge >= 0.3 is 5.69 Å². The van der Waals surface area contributed by atoms with E-state index in [2.05, 4.69) is 31.4 Å². The maximum absolute atomic E-state index is 11.9. The monoisotopic (exact) mass is 386 g/mol. The fourth-order valence-electron chi connectivity index (χ4n) is 1.65. The molecule has 0 aliphatic carbocycles. The number of carbonyl (C=O) groups excluding carboxylic acids is 1. The highest BCUT2D eigenvalue weighted by molar-refractivity contribution is 9.10. The number of benzene rings is 1. The smallest absolute Gasteiger partial charge is 0.323 e. The van der Waals surface area contributed by atoms with Gasteiger partial charge in [-0.2, -0.15) is 5.10 Å². The maximum atomic E-state index is 11.9. The quantitative estimate of drug-likeness (QED) is 0.314. The van der Waals surface area contributed by atoms with E-state index in [0.717, 1.165) is 11.8 Å². The second-order valence-electron chi connectivity index (χ2n) is 4.26.